The van der Waals surface area contributed by atoms with Crippen LogP contribution in [-0.4, -0.2) is 9.97 Å². The summed E-state index contributed by atoms with van der Waals surface area (Å²) in [7, 11) is 0. The van der Waals surface area contributed by atoms with Gasteiger partial charge in [-0.25, -0.2) is 0 Å². The van der Waals surface area contributed by atoms with E-state index in [4.69, 9.17) is 0 Å². The van der Waals surface area contributed by atoms with Crippen molar-refractivity contribution in [3.05, 3.63) is 82.8 Å². The quantitative estimate of drug-likeness (QED) is 0.607. The van der Waals surface area contributed by atoms with E-state index >= 15 is 0 Å². The molecule has 0 aliphatic rings. The number of fused-ring (bicyclic) bond motifs is 2. The van der Waals surface area contributed by atoms with E-state index in [0.717, 1.165) is 27.5 Å². The van der Waals surface area contributed by atoms with Gasteiger partial charge in [-0.05, 0) is 41.8 Å². The maximum Gasteiger partial charge on any atom is 0.253 e. The van der Waals surface area contributed by atoms with E-state index in [1.54, 1.807) is 6.20 Å². The van der Waals surface area contributed by atoms with Crippen molar-refractivity contribution in [1.29, 1.82) is 0 Å². The molecule has 4 heteroatoms. The van der Waals surface area contributed by atoms with E-state index < -0.39 is 0 Å². The van der Waals surface area contributed by atoms with Gasteiger partial charge in [-0.3, -0.25) is 9.78 Å². The highest BCUT2D eigenvalue weighted by molar-refractivity contribution is 5.91. The Hall–Kier alpha value is -3.14. The van der Waals surface area contributed by atoms with Crippen LogP contribution in [-0.2, 0) is 6.54 Å². The first kappa shape index (κ1) is 13.5. The number of benzene rings is 2. The normalized spacial score (nSPS) is 11.0. The highest BCUT2D eigenvalue weighted by Gasteiger charge is 2.05. The monoisotopic (exact) mass is 301 g/mol. The van der Waals surface area contributed by atoms with Crippen molar-refractivity contribution in [1.82, 2.24) is 9.97 Å². The lowest BCUT2D eigenvalue weighted by Gasteiger charge is -2.09. The Bertz CT molecular complexity index is 1050. The van der Waals surface area contributed by atoms with E-state index in [9.17, 15) is 4.79 Å². The zero-order valence-corrected chi connectivity index (χ0v) is 12.4. The van der Waals surface area contributed by atoms with Crippen LogP contribution in [0.5, 0.6) is 0 Å². The van der Waals surface area contributed by atoms with Crippen molar-refractivity contribution in [3.8, 4) is 0 Å². The minimum atomic E-state index is -0.0606. The molecule has 0 atom stereocenters. The molecule has 4 aromatic rings. The Morgan fingerprint density at radius 1 is 1.00 bits per heavy atom. The van der Waals surface area contributed by atoms with Gasteiger partial charge >= 0.3 is 0 Å². The number of aromatic nitrogens is 2. The van der Waals surface area contributed by atoms with Gasteiger partial charge in [0.15, 0.2) is 0 Å². The van der Waals surface area contributed by atoms with Crippen LogP contribution >= 0.6 is 0 Å². The number of hydrogen-bond acceptors (Lipinski definition) is 3. The van der Waals surface area contributed by atoms with Crippen LogP contribution in [0.1, 0.15) is 5.56 Å². The maximum atomic E-state index is 12.2. The third kappa shape index (κ3) is 2.55. The molecule has 0 aliphatic heterocycles. The van der Waals surface area contributed by atoms with Crippen molar-refractivity contribution in [3.63, 3.8) is 0 Å². The van der Waals surface area contributed by atoms with Gasteiger partial charge in [-0.2, -0.15) is 0 Å². The average Bonchev–Trinajstić information content (AvgIpc) is 2.60. The van der Waals surface area contributed by atoms with Crippen LogP contribution in [0, 0.1) is 0 Å². The van der Waals surface area contributed by atoms with Crippen molar-refractivity contribution in [2.45, 2.75) is 6.54 Å². The molecular formula is C19H15N3O. The Morgan fingerprint density at radius 2 is 1.91 bits per heavy atom. The Morgan fingerprint density at radius 3 is 2.87 bits per heavy atom. The Kier molecular flexibility index (Phi) is 3.27. The van der Waals surface area contributed by atoms with E-state index in [1.165, 1.54) is 0 Å². The first-order valence-corrected chi connectivity index (χ1v) is 7.50. The lowest BCUT2D eigenvalue weighted by Crippen LogP contribution is -2.15. The Balaban J connectivity index is 1.68. The van der Waals surface area contributed by atoms with Crippen LogP contribution in [0.2, 0.25) is 0 Å². The zero-order valence-electron chi connectivity index (χ0n) is 12.4. The van der Waals surface area contributed by atoms with Crippen LogP contribution in [0.3, 0.4) is 0 Å². The van der Waals surface area contributed by atoms with Gasteiger partial charge in [-0.15, -0.1) is 0 Å². The van der Waals surface area contributed by atoms with Gasteiger partial charge in [0.05, 0.1) is 5.52 Å². The molecule has 0 spiro atoms. The number of aromatic amines is 1. The SMILES string of the molecule is O=c1[nH]c2ccccc2cc1CNc1cccc2ncccc12. The second-order valence-electron chi connectivity index (χ2n) is 5.44. The number of rotatable bonds is 3. The highest BCUT2D eigenvalue weighted by atomic mass is 16.1. The maximum absolute atomic E-state index is 12.2. The molecular weight excluding hydrogens is 286 g/mol. The molecule has 2 aromatic carbocycles. The molecule has 2 aromatic heterocycles. The summed E-state index contributed by atoms with van der Waals surface area (Å²) in [5.74, 6) is 0. The lowest BCUT2D eigenvalue weighted by molar-refractivity contribution is 1.09. The van der Waals surface area contributed by atoms with Crippen molar-refractivity contribution >= 4 is 27.5 Å². The number of H-pyrrole nitrogens is 1. The highest BCUT2D eigenvalue weighted by Crippen LogP contribution is 2.21. The molecule has 0 fully saturated rings. The number of para-hydroxylation sites is 1. The van der Waals surface area contributed by atoms with Gasteiger partial charge < -0.3 is 10.3 Å². The number of pyridine rings is 2. The fourth-order valence-electron chi connectivity index (χ4n) is 2.77. The molecule has 2 heterocycles. The Labute approximate surface area is 132 Å². The fraction of sp³-hybridized carbons (Fsp3) is 0.0526. The van der Waals surface area contributed by atoms with Crippen LogP contribution < -0.4 is 10.9 Å². The standard InChI is InChI=1S/C19H15N3O/c23-19-14(11-13-5-1-2-7-16(13)22-19)12-21-18-9-3-8-17-15(18)6-4-10-20-17/h1-11,21H,12H2,(H,22,23). The average molecular weight is 301 g/mol. The summed E-state index contributed by atoms with van der Waals surface area (Å²) in [6, 6.07) is 19.6. The molecule has 0 saturated heterocycles. The summed E-state index contributed by atoms with van der Waals surface area (Å²) >= 11 is 0. The number of nitrogens with one attached hydrogen (secondary N) is 2. The minimum absolute atomic E-state index is 0.0606. The number of anilines is 1. The van der Waals surface area contributed by atoms with Gasteiger partial charge in [-0.1, -0.05) is 24.3 Å². The predicted octanol–water partition coefficient (Wildman–Crippen LogP) is 3.69. The fourth-order valence-corrected chi connectivity index (χ4v) is 2.77. The lowest BCUT2D eigenvalue weighted by atomic mass is 10.1. The molecule has 4 nitrogen and oxygen atoms in total. The predicted molar refractivity (Wildman–Crippen MR) is 93.6 cm³/mol. The molecule has 23 heavy (non-hydrogen) atoms. The topological polar surface area (TPSA) is 57.8 Å². The number of nitrogens with zero attached hydrogens (tertiary/aromatic N) is 1. The molecule has 4 rings (SSSR count). The summed E-state index contributed by atoms with van der Waals surface area (Å²) in [5, 5.41) is 5.43. The molecule has 0 amide bonds. The van der Waals surface area contributed by atoms with Crippen LogP contribution in [0.25, 0.3) is 21.8 Å². The summed E-state index contributed by atoms with van der Waals surface area (Å²) in [5.41, 5.74) is 3.42. The minimum Gasteiger partial charge on any atom is -0.380 e. The second-order valence-corrected chi connectivity index (χ2v) is 5.44. The van der Waals surface area contributed by atoms with Crippen molar-refractivity contribution in [2.75, 3.05) is 5.32 Å². The summed E-state index contributed by atoms with van der Waals surface area (Å²) in [4.78, 5) is 19.5. The summed E-state index contributed by atoms with van der Waals surface area (Å²) < 4.78 is 0. The summed E-state index contributed by atoms with van der Waals surface area (Å²) in [6.45, 7) is 0.466. The molecule has 0 unspecified atom stereocenters. The van der Waals surface area contributed by atoms with Crippen LogP contribution in [0.15, 0.2) is 71.7 Å². The first-order valence-electron chi connectivity index (χ1n) is 7.50. The molecule has 0 radical (unpaired) electrons. The zero-order chi connectivity index (χ0) is 15.6. The van der Waals surface area contributed by atoms with Gasteiger partial charge in [0.25, 0.3) is 5.56 Å². The smallest absolute Gasteiger partial charge is 0.253 e. The molecule has 2 N–H and O–H groups in total. The largest absolute Gasteiger partial charge is 0.380 e. The third-order valence-corrected chi connectivity index (χ3v) is 3.95. The van der Waals surface area contributed by atoms with Gasteiger partial charge in [0, 0.05) is 34.9 Å². The molecule has 112 valence electrons. The van der Waals surface area contributed by atoms with Gasteiger partial charge in [0.1, 0.15) is 0 Å². The molecule has 0 aliphatic carbocycles. The first-order chi connectivity index (χ1) is 11.3. The van der Waals surface area contributed by atoms with Crippen molar-refractivity contribution in [2.24, 2.45) is 0 Å². The second kappa shape index (κ2) is 5.57. The van der Waals surface area contributed by atoms with Crippen molar-refractivity contribution < 1.29 is 0 Å². The third-order valence-electron chi connectivity index (χ3n) is 3.95. The van der Waals surface area contributed by atoms with E-state index in [-0.39, 0.29) is 5.56 Å². The van der Waals surface area contributed by atoms with E-state index in [2.05, 4.69) is 15.3 Å². The molecule has 0 saturated carbocycles. The van der Waals surface area contributed by atoms with E-state index in [1.807, 2.05) is 60.7 Å². The number of hydrogen-bond donors (Lipinski definition) is 2. The van der Waals surface area contributed by atoms with Gasteiger partial charge in [0.2, 0.25) is 0 Å². The summed E-state index contributed by atoms with van der Waals surface area (Å²) in [6.07, 6.45) is 1.78. The van der Waals surface area contributed by atoms with E-state index in [0.29, 0.717) is 12.1 Å². The van der Waals surface area contributed by atoms with Crippen LogP contribution in [0.4, 0.5) is 5.69 Å². The molecule has 0 bridgehead atoms.